The van der Waals surface area contributed by atoms with Crippen LogP contribution in [0, 0.1) is 5.92 Å². The molecule has 4 heteroatoms. The number of piperidine rings is 1. The predicted octanol–water partition coefficient (Wildman–Crippen LogP) is 1.30. The van der Waals surface area contributed by atoms with Crippen molar-refractivity contribution in [2.75, 3.05) is 40.5 Å². The molecular formula is C12H23NO3. The van der Waals surface area contributed by atoms with Gasteiger partial charge >= 0.3 is 5.97 Å². The van der Waals surface area contributed by atoms with Crippen LogP contribution in [0.5, 0.6) is 0 Å². The summed E-state index contributed by atoms with van der Waals surface area (Å²) in [5, 5.41) is 0. The highest BCUT2D eigenvalue weighted by atomic mass is 16.5. The van der Waals surface area contributed by atoms with Gasteiger partial charge in [0.15, 0.2) is 0 Å². The van der Waals surface area contributed by atoms with Crippen molar-refractivity contribution in [1.82, 2.24) is 4.90 Å². The normalized spacial score (nSPS) is 19.4. The summed E-state index contributed by atoms with van der Waals surface area (Å²) in [5.41, 5.74) is 0. The number of methoxy groups -OCH3 is 2. The molecule has 0 aromatic carbocycles. The minimum absolute atomic E-state index is 0.0388. The zero-order valence-electron chi connectivity index (χ0n) is 10.4. The monoisotopic (exact) mass is 229 g/mol. The maximum absolute atomic E-state index is 11.6. The van der Waals surface area contributed by atoms with Gasteiger partial charge in [-0.1, -0.05) is 6.42 Å². The van der Waals surface area contributed by atoms with Gasteiger partial charge in [-0.2, -0.15) is 0 Å². The largest absolute Gasteiger partial charge is 0.469 e. The first-order valence-corrected chi connectivity index (χ1v) is 6.07. The second-order valence-corrected chi connectivity index (χ2v) is 4.36. The molecule has 4 nitrogen and oxygen atoms in total. The van der Waals surface area contributed by atoms with E-state index in [9.17, 15) is 4.79 Å². The molecule has 0 saturated carbocycles. The lowest BCUT2D eigenvalue weighted by molar-refractivity contribution is -0.146. The Labute approximate surface area is 97.9 Å². The van der Waals surface area contributed by atoms with Crippen molar-refractivity contribution >= 4 is 5.97 Å². The summed E-state index contributed by atoms with van der Waals surface area (Å²) in [5.74, 6) is -0.148. The highest BCUT2D eigenvalue weighted by molar-refractivity contribution is 5.72. The molecule has 0 bridgehead atoms. The van der Waals surface area contributed by atoms with E-state index in [0.717, 1.165) is 26.1 Å². The molecule has 0 N–H and O–H groups in total. The molecule has 1 unspecified atom stereocenters. The summed E-state index contributed by atoms with van der Waals surface area (Å²) in [6, 6.07) is 0. The molecule has 1 atom stereocenters. The van der Waals surface area contributed by atoms with Gasteiger partial charge in [0.2, 0.25) is 0 Å². The molecule has 1 rings (SSSR count). The number of nitrogens with zero attached hydrogens (tertiary/aromatic N) is 1. The molecule has 1 saturated heterocycles. The summed E-state index contributed by atoms with van der Waals surface area (Å²) in [6.07, 6.45) is 4.56. The Morgan fingerprint density at radius 3 is 2.50 bits per heavy atom. The van der Waals surface area contributed by atoms with Gasteiger partial charge in [-0.25, -0.2) is 0 Å². The Morgan fingerprint density at radius 2 is 1.94 bits per heavy atom. The SMILES string of the molecule is COCCC(CN1CCCCC1)C(=O)OC. The molecule has 0 aromatic heterocycles. The van der Waals surface area contributed by atoms with Gasteiger partial charge in [0.1, 0.15) is 0 Å². The van der Waals surface area contributed by atoms with Gasteiger partial charge in [0.05, 0.1) is 13.0 Å². The summed E-state index contributed by atoms with van der Waals surface area (Å²) in [4.78, 5) is 13.9. The van der Waals surface area contributed by atoms with Gasteiger partial charge in [0, 0.05) is 20.3 Å². The fourth-order valence-electron chi connectivity index (χ4n) is 2.16. The van der Waals surface area contributed by atoms with Crippen LogP contribution in [0.3, 0.4) is 0 Å². The van der Waals surface area contributed by atoms with Crippen LogP contribution in [0.25, 0.3) is 0 Å². The summed E-state index contributed by atoms with van der Waals surface area (Å²) < 4.78 is 9.86. The molecule has 0 spiro atoms. The second kappa shape index (κ2) is 7.63. The van der Waals surface area contributed by atoms with Crippen molar-refractivity contribution in [3.8, 4) is 0 Å². The minimum atomic E-state index is -0.109. The topological polar surface area (TPSA) is 38.8 Å². The van der Waals surface area contributed by atoms with Gasteiger partial charge in [0.25, 0.3) is 0 Å². The number of carbonyl (C=O) groups excluding carboxylic acids is 1. The number of esters is 1. The molecule has 0 aromatic rings. The molecule has 1 aliphatic rings. The Morgan fingerprint density at radius 1 is 1.25 bits per heavy atom. The van der Waals surface area contributed by atoms with Crippen LogP contribution in [0.15, 0.2) is 0 Å². The zero-order chi connectivity index (χ0) is 11.8. The van der Waals surface area contributed by atoms with Crippen LogP contribution in [0.4, 0.5) is 0 Å². The molecule has 0 radical (unpaired) electrons. The number of rotatable bonds is 6. The average Bonchev–Trinajstić information content (AvgIpc) is 2.34. The fraction of sp³-hybridized carbons (Fsp3) is 0.917. The van der Waals surface area contributed by atoms with E-state index in [1.54, 1.807) is 7.11 Å². The van der Waals surface area contributed by atoms with Crippen LogP contribution < -0.4 is 0 Å². The first-order chi connectivity index (χ1) is 7.77. The van der Waals surface area contributed by atoms with Crippen molar-refractivity contribution in [3.05, 3.63) is 0 Å². The highest BCUT2D eigenvalue weighted by Gasteiger charge is 2.22. The van der Waals surface area contributed by atoms with E-state index in [2.05, 4.69) is 4.90 Å². The quantitative estimate of drug-likeness (QED) is 0.643. The highest BCUT2D eigenvalue weighted by Crippen LogP contribution is 2.14. The van der Waals surface area contributed by atoms with E-state index in [0.29, 0.717) is 6.61 Å². The average molecular weight is 229 g/mol. The van der Waals surface area contributed by atoms with Crippen molar-refractivity contribution in [3.63, 3.8) is 0 Å². The molecule has 16 heavy (non-hydrogen) atoms. The molecule has 1 aliphatic heterocycles. The lowest BCUT2D eigenvalue weighted by Gasteiger charge is -2.29. The number of likely N-dealkylation sites (tertiary alicyclic amines) is 1. The third kappa shape index (κ3) is 4.49. The standard InChI is InChI=1S/C12H23NO3/c1-15-9-6-11(12(14)16-2)10-13-7-4-3-5-8-13/h11H,3-10H2,1-2H3. The molecule has 1 fully saturated rings. The number of carbonyl (C=O) groups is 1. The van der Waals surface area contributed by atoms with Crippen molar-refractivity contribution in [1.29, 1.82) is 0 Å². The van der Waals surface area contributed by atoms with Crippen LogP contribution in [-0.2, 0) is 14.3 Å². The molecule has 0 aliphatic carbocycles. The molecule has 1 heterocycles. The number of hydrogen-bond acceptors (Lipinski definition) is 4. The van der Waals surface area contributed by atoms with Crippen LogP contribution in [0.1, 0.15) is 25.7 Å². The van der Waals surface area contributed by atoms with Crippen molar-refractivity contribution in [2.45, 2.75) is 25.7 Å². The third-order valence-corrected chi connectivity index (χ3v) is 3.13. The Hall–Kier alpha value is -0.610. The Bertz CT molecular complexity index is 202. The molecule has 94 valence electrons. The first-order valence-electron chi connectivity index (χ1n) is 6.07. The zero-order valence-corrected chi connectivity index (χ0v) is 10.4. The van der Waals surface area contributed by atoms with E-state index in [1.165, 1.54) is 26.4 Å². The Kier molecular flexibility index (Phi) is 6.42. The summed E-state index contributed by atoms with van der Waals surface area (Å²) >= 11 is 0. The summed E-state index contributed by atoms with van der Waals surface area (Å²) in [6.45, 7) is 3.66. The van der Waals surface area contributed by atoms with Crippen LogP contribution in [0.2, 0.25) is 0 Å². The van der Waals surface area contributed by atoms with Crippen LogP contribution >= 0.6 is 0 Å². The number of hydrogen-bond donors (Lipinski definition) is 0. The first kappa shape index (κ1) is 13.5. The lowest BCUT2D eigenvalue weighted by Crippen LogP contribution is -2.37. The molecular weight excluding hydrogens is 206 g/mol. The Balaban J connectivity index is 2.38. The maximum atomic E-state index is 11.6. The lowest BCUT2D eigenvalue weighted by atomic mass is 10.0. The summed E-state index contributed by atoms with van der Waals surface area (Å²) in [7, 11) is 3.12. The van der Waals surface area contributed by atoms with E-state index in [1.807, 2.05) is 0 Å². The van der Waals surface area contributed by atoms with Gasteiger partial charge in [-0.3, -0.25) is 4.79 Å². The fourth-order valence-corrected chi connectivity index (χ4v) is 2.16. The van der Waals surface area contributed by atoms with Crippen molar-refractivity contribution < 1.29 is 14.3 Å². The van der Waals surface area contributed by atoms with Gasteiger partial charge in [-0.15, -0.1) is 0 Å². The van der Waals surface area contributed by atoms with E-state index in [4.69, 9.17) is 9.47 Å². The predicted molar refractivity (Wildman–Crippen MR) is 62.3 cm³/mol. The van der Waals surface area contributed by atoms with E-state index in [-0.39, 0.29) is 11.9 Å². The van der Waals surface area contributed by atoms with E-state index < -0.39 is 0 Å². The smallest absolute Gasteiger partial charge is 0.310 e. The van der Waals surface area contributed by atoms with Crippen LogP contribution in [-0.4, -0.2) is 51.3 Å². The van der Waals surface area contributed by atoms with Gasteiger partial charge < -0.3 is 14.4 Å². The van der Waals surface area contributed by atoms with E-state index >= 15 is 0 Å². The second-order valence-electron chi connectivity index (χ2n) is 4.36. The van der Waals surface area contributed by atoms with Gasteiger partial charge in [-0.05, 0) is 32.4 Å². The number of ether oxygens (including phenoxy) is 2. The minimum Gasteiger partial charge on any atom is -0.469 e. The maximum Gasteiger partial charge on any atom is 0.310 e. The van der Waals surface area contributed by atoms with Crippen molar-refractivity contribution in [2.24, 2.45) is 5.92 Å². The molecule has 0 amide bonds. The third-order valence-electron chi connectivity index (χ3n) is 3.13.